The van der Waals surface area contributed by atoms with E-state index in [4.69, 9.17) is 0 Å². The summed E-state index contributed by atoms with van der Waals surface area (Å²) in [7, 11) is 0. The molecule has 0 saturated heterocycles. The molecule has 0 aliphatic heterocycles. The van der Waals surface area contributed by atoms with E-state index < -0.39 is 5.97 Å². The number of hydrogen-bond donors (Lipinski definition) is 1. The number of nitrogens with one attached hydrogen (secondary N) is 1. The summed E-state index contributed by atoms with van der Waals surface area (Å²) in [5.74, 6) is -1.20. The number of carboxylic acid groups (broad SMARTS) is 1. The largest absolute Gasteiger partial charge is 0.550 e. The van der Waals surface area contributed by atoms with Gasteiger partial charge in [0.15, 0.2) is 6.29 Å². The minimum Gasteiger partial charge on any atom is -0.550 e. The van der Waals surface area contributed by atoms with Gasteiger partial charge in [-0.3, -0.25) is 4.79 Å². The lowest BCUT2D eigenvalue weighted by atomic mass is 10.1. The predicted octanol–water partition coefficient (Wildman–Crippen LogP) is 0.273. The molecule has 2 rings (SSSR count). The zero-order chi connectivity index (χ0) is 10.8. The number of aliphatic carboxylic acids is 1. The van der Waals surface area contributed by atoms with E-state index in [1.165, 1.54) is 0 Å². The average Bonchev–Trinajstić information content (AvgIpc) is 2.53. The molecule has 0 spiro atoms. The summed E-state index contributed by atoms with van der Waals surface area (Å²) in [6.07, 6.45) is 0.389. The van der Waals surface area contributed by atoms with Crippen LogP contribution in [0.1, 0.15) is 16.1 Å². The van der Waals surface area contributed by atoms with Gasteiger partial charge in [-0.25, -0.2) is 0 Å². The molecular formula is C11H8NO3-. The van der Waals surface area contributed by atoms with Crippen LogP contribution in [0.4, 0.5) is 0 Å². The third-order valence-corrected chi connectivity index (χ3v) is 2.27. The van der Waals surface area contributed by atoms with Crippen molar-refractivity contribution in [3.63, 3.8) is 0 Å². The first-order chi connectivity index (χ1) is 7.22. The first-order valence-electron chi connectivity index (χ1n) is 4.47. The molecular weight excluding hydrogens is 194 g/mol. The number of carbonyl (C=O) groups is 2. The molecule has 1 aromatic heterocycles. The number of para-hydroxylation sites is 1. The third-order valence-electron chi connectivity index (χ3n) is 2.27. The fraction of sp³-hybridized carbons (Fsp3) is 0.0909. The zero-order valence-electron chi connectivity index (χ0n) is 7.82. The maximum absolute atomic E-state index is 10.9. The fourth-order valence-corrected chi connectivity index (χ4v) is 1.64. The van der Waals surface area contributed by atoms with Gasteiger partial charge in [0.1, 0.15) is 0 Å². The van der Waals surface area contributed by atoms with Crippen molar-refractivity contribution in [1.82, 2.24) is 4.98 Å². The Bertz CT molecular complexity index is 528. The second-order valence-electron chi connectivity index (χ2n) is 3.23. The van der Waals surface area contributed by atoms with E-state index in [-0.39, 0.29) is 6.42 Å². The highest BCUT2D eigenvalue weighted by Gasteiger charge is 2.09. The van der Waals surface area contributed by atoms with Crippen molar-refractivity contribution in [3.05, 3.63) is 35.5 Å². The fourth-order valence-electron chi connectivity index (χ4n) is 1.64. The zero-order valence-corrected chi connectivity index (χ0v) is 7.82. The van der Waals surface area contributed by atoms with Crippen LogP contribution in [0.5, 0.6) is 0 Å². The van der Waals surface area contributed by atoms with E-state index in [0.717, 1.165) is 10.9 Å². The number of fused-ring (bicyclic) bond motifs is 1. The van der Waals surface area contributed by atoms with Crippen molar-refractivity contribution in [3.8, 4) is 0 Å². The maximum Gasteiger partial charge on any atom is 0.152 e. The molecule has 0 radical (unpaired) electrons. The number of benzene rings is 1. The minimum absolute atomic E-state index is 0.275. The van der Waals surface area contributed by atoms with Gasteiger partial charge in [0.2, 0.25) is 0 Å². The number of carboxylic acids is 1. The molecule has 0 amide bonds. The molecule has 1 heterocycles. The first kappa shape index (κ1) is 9.45. The van der Waals surface area contributed by atoms with Crippen LogP contribution in [-0.4, -0.2) is 17.2 Å². The van der Waals surface area contributed by atoms with E-state index in [9.17, 15) is 14.7 Å². The van der Waals surface area contributed by atoms with Gasteiger partial charge in [0.05, 0.1) is 0 Å². The van der Waals surface area contributed by atoms with Gasteiger partial charge in [-0.05, 0) is 6.07 Å². The van der Waals surface area contributed by atoms with E-state index in [2.05, 4.69) is 4.98 Å². The number of hydrogen-bond acceptors (Lipinski definition) is 3. The highest BCUT2D eigenvalue weighted by molar-refractivity contribution is 5.99. The molecule has 0 unspecified atom stereocenters. The second kappa shape index (κ2) is 3.57. The first-order valence-corrected chi connectivity index (χ1v) is 4.47. The number of carbonyl (C=O) groups excluding carboxylic acids is 2. The molecule has 4 nitrogen and oxygen atoms in total. The molecule has 0 saturated carbocycles. The Morgan fingerprint density at radius 3 is 2.80 bits per heavy atom. The smallest absolute Gasteiger partial charge is 0.152 e. The number of rotatable bonds is 3. The quantitative estimate of drug-likeness (QED) is 0.726. The molecule has 0 aliphatic rings. The highest BCUT2D eigenvalue weighted by Crippen LogP contribution is 2.20. The number of aromatic amines is 1. The number of H-pyrrole nitrogens is 1. The van der Waals surface area contributed by atoms with Crippen molar-refractivity contribution in [2.45, 2.75) is 6.42 Å². The predicted molar refractivity (Wildman–Crippen MR) is 52.4 cm³/mol. The molecule has 0 fully saturated rings. The van der Waals surface area contributed by atoms with E-state index in [1.54, 1.807) is 18.2 Å². The van der Waals surface area contributed by atoms with Gasteiger partial charge in [0.25, 0.3) is 0 Å². The van der Waals surface area contributed by atoms with Gasteiger partial charge in [-0.15, -0.1) is 0 Å². The Labute approximate surface area is 85.5 Å². The molecule has 15 heavy (non-hydrogen) atoms. The monoisotopic (exact) mass is 202 g/mol. The lowest BCUT2D eigenvalue weighted by Crippen LogP contribution is -2.24. The third kappa shape index (κ3) is 1.61. The molecule has 76 valence electrons. The van der Waals surface area contributed by atoms with Gasteiger partial charge in [-0.2, -0.15) is 0 Å². The van der Waals surface area contributed by atoms with Gasteiger partial charge >= 0.3 is 0 Å². The molecule has 2 aromatic rings. The van der Waals surface area contributed by atoms with Crippen molar-refractivity contribution in [1.29, 1.82) is 0 Å². The molecule has 0 aliphatic carbocycles. The summed E-state index contributed by atoms with van der Waals surface area (Å²) in [4.78, 5) is 24.2. The summed E-state index contributed by atoms with van der Waals surface area (Å²) >= 11 is 0. The summed E-state index contributed by atoms with van der Waals surface area (Å²) in [6, 6.07) is 7.18. The lowest BCUT2D eigenvalue weighted by Gasteiger charge is -1.99. The Morgan fingerprint density at radius 1 is 1.40 bits per heavy atom. The van der Waals surface area contributed by atoms with Crippen molar-refractivity contribution in [2.75, 3.05) is 0 Å². The summed E-state index contributed by atoms with van der Waals surface area (Å²) < 4.78 is 0. The van der Waals surface area contributed by atoms with Gasteiger partial charge in [-0.1, -0.05) is 18.2 Å². The van der Waals surface area contributed by atoms with Gasteiger partial charge < -0.3 is 14.9 Å². The van der Waals surface area contributed by atoms with Crippen LogP contribution in [0.15, 0.2) is 24.3 Å². The summed E-state index contributed by atoms with van der Waals surface area (Å²) in [5.41, 5.74) is 1.55. The summed E-state index contributed by atoms with van der Waals surface area (Å²) in [6.45, 7) is 0. The Morgan fingerprint density at radius 2 is 2.13 bits per heavy atom. The molecule has 1 aromatic carbocycles. The van der Waals surface area contributed by atoms with E-state index in [0.29, 0.717) is 17.5 Å². The Balaban J connectivity index is 2.63. The molecule has 4 heteroatoms. The highest BCUT2D eigenvalue weighted by atomic mass is 16.4. The van der Waals surface area contributed by atoms with Crippen molar-refractivity contribution < 1.29 is 14.7 Å². The maximum atomic E-state index is 10.9. The van der Waals surface area contributed by atoms with E-state index >= 15 is 0 Å². The topological polar surface area (TPSA) is 73.0 Å². The summed E-state index contributed by atoms with van der Waals surface area (Å²) in [5, 5.41) is 11.2. The van der Waals surface area contributed by atoms with Crippen LogP contribution >= 0.6 is 0 Å². The van der Waals surface area contributed by atoms with Crippen LogP contribution in [0, 0.1) is 0 Å². The minimum atomic E-state index is -1.20. The molecule has 1 N–H and O–H groups in total. The number of aldehydes is 1. The van der Waals surface area contributed by atoms with Crippen LogP contribution in [-0.2, 0) is 11.2 Å². The van der Waals surface area contributed by atoms with Crippen LogP contribution in [0.2, 0.25) is 0 Å². The second-order valence-corrected chi connectivity index (χ2v) is 3.23. The number of aromatic nitrogens is 1. The Hall–Kier alpha value is -2.10. The van der Waals surface area contributed by atoms with E-state index in [1.807, 2.05) is 6.07 Å². The normalized spacial score (nSPS) is 10.4. The van der Waals surface area contributed by atoms with Crippen molar-refractivity contribution in [2.24, 2.45) is 0 Å². The van der Waals surface area contributed by atoms with Crippen molar-refractivity contribution >= 4 is 23.2 Å². The Kier molecular flexibility index (Phi) is 2.25. The lowest BCUT2D eigenvalue weighted by molar-refractivity contribution is -0.304. The SMILES string of the molecule is O=Cc1c(CC(=O)[O-])[nH]c2ccccc12. The molecule has 0 bridgehead atoms. The average molecular weight is 202 g/mol. The van der Waals surface area contributed by atoms with Crippen LogP contribution < -0.4 is 5.11 Å². The van der Waals surface area contributed by atoms with Crippen LogP contribution in [0.25, 0.3) is 10.9 Å². The van der Waals surface area contributed by atoms with Gasteiger partial charge in [0, 0.05) is 34.6 Å². The molecule has 0 atom stereocenters. The van der Waals surface area contributed by atoms with Crippen LogP contribution in [0.3, 0.4) is 0 Å². The standard InChI is InChI=1S/C11H9NO3/c13-6-8-7-3-1-2-4-9(7)12-10(8)5-11(14)15/h1-4,6,12H,5H2,(H,14,15)/p-1.